The molecule has 206 valence electrons. The number of carboxylic acid groups (broad SMARTS) is 1. The molecule has 0 aliphatic rings. The molecule has 9 nitrogen and oxygen atoms in total. The summed E-state index contributed by atoms with van der Waals surface area (Å²) in [5, 5.41) is 20.3. The summed E-state index contributed by atoms with van der Waals surface area (Å²) in [6, 6.07) is 27.7. The minimum absolute atomic E-state index is 0.0828. The molecule has 0 spiro atoms. The van der Waals surface area contributed by atoms with Crippen LogP contribution in [0.3, 0.4) is 0 Å². The predicted octanol–water partition coefficient (Wildman–Crippen LogP) is 7.18. The van der Waals surface area contributed by atoms with Crippen molar-refractivity contribution >= 4 is 17.9 Å². The highest BCUT2D eigenvalue weighted by atomic mass is 19.1. The van der Waals surface area contributed by atoms with E-state index in [0.717, 1.165) is 22.8 Å². The molecule has 5 aromatic rings. The van der Waals surface area contributed by atoms with Crippen molar-refractivity contribution in [3.05, 3.63) is 120 Å². The van der Waals surface area contributed by atoms with Crippen LogP contribution in [0.5, 0.6) is 11.5 Å². The van der Waals surface area contributed by atoms with Gasteiger partial charge in [0, 0.05) is 0 Å². The van der Waals surface area contributed by atoms with Crippen LogP contribution in [0.4, 0.5) is 15.0 Å². The Balaban J connectivity index is 1.28. The van der Waals surface area contributed by atoms with Crippen LogP contribution in [-0.2, 0) is 4.74 Å². The lowest BCUT2D eigenvalue weighted by Crippen LogP contribution is -2.18. The Morgan fingerprint density at radius 3 is 2.22 bits per heavy atom. The molecular weight excluding hydrogens is 527 g/mol. The second-order valence-corrected chi connectivity index (χ2v) is 9.11. The first kappa shape index (κ1) is 27.1. The molecule has 5 rings (SSSR count). The highest BCUT2D eigenvalue weighted by Gasteiger charge is 2.19. The average molecular weight is 553 g/mol. The first-order valence-electron chi connectivity index (χ1n) is 12.7. The van der Waals surface area contributed by atoms with Gasteiger partial charge in [0.25, 0.3) is 0 Å². The van der Waals surface area contributed by atoms with Crippen LogP contribution in [0.25, 0.3) is 16.8 Å². The van der Waals surface area contributed by atoms with Gasteiger partial charge in [-0.3, -0.25) is 5.32 Å². The lowest BCUT2D eigenvalue weighted by molar-refractivity contribution is 0.0688. The summed E-state index contributed by atoms with van der Waals surface area (Å²) in [5.74, 6) is -1.61. The van der Waals surface area contributed by atoms with Gasteiger partial charge in [0.05, 0.1) is 5.69 Å². The van der Waals surface area contributed by atoms with Crippen LogP contribution in [0.1, 0.15) is 34.6 Å². The van der Waals surface area contributed by atoms with E-state index in [2.05, 4.69) is 15.6 Å². The van der Waals surface area contributed by atoms with Crippen molar-refractivity contribution in [2.24, 2.45) is 0 Å². The molecule has 0 aliphatic heterocycles. The van der Waals surface area contributed by atoms with Gasteiger partial charge in [-0.25, -0.2) is 14.0 Å². The summed E-state index contributed by atoms with van der Waals surface area (Å²) in [6.45, 7) is 3.53. The molecule has 0 saturated heterocycles. The van der Waals surface area contributed by atoms with Crippen molar-refractivity contribution in [1.29, 1.82) is 0 Å². The predicted molar refractivity (Wildman–Crippen MR) is 150 cm³/mol. The third-order valence-corrected chi connectivity index (χ3v) is 6.33. The minimum atomic E-state index is -1.41. The Bertz CT molecular complexity index is 1690. The Labute approximate surface area is 234 Å². The Morgan fingerprint density at radius 1 is 0.902 bits per heavy atom. The number of amides is 1. The van der Waals surface area contributed by atoms with Crippen molar-refractivity contribution in [1.82, 2.24) is 15.0 Å². The van der Waals surface area contributed by atoms with Crippen LogP contribution in [0, 0.1) is 12.7 Å². The number of aromatic nitrogens is 3. The first-order valence-corrected chi connectivity index (χ1v) is 12.7. The number of aromatic carboxylic acids is 1. The van der Waals surface area contributed by atoms with E-state index >= 15 is 0 Å². The molecule has 4 aromatic carbocycles. The summed E-state index contributed by atoms with van der Waals surface area (Å²) >= 11 is 0. The summed E-state index contributed by atoms with van der Waals surface area (Å²) < 4.78 is 26.6. The number of aryl methyl sites for hydroxylation is 1. The van der Waals surface area contributed by atoms with Gasteiger partial charge in [-0.15, -0.1) is 5.10 Å². The highest BCUT2D eigenvalue weighted by Crippen LogP contribution is 2.30. The molecule has 0 radical (unpaired) electrons. The zero-order valence-corrected chi connectivity index (χ0v) is 22.1. The van der Waals surface area contributed by atoms with E-state index in [1.54, 1.807) is 38.1 Å². The third kappa shape index (κ3) is 6.06. The van der Waals surface area contributed by atoms with E-state index in [4.69, 9.17) is 9.47 Å². The lowest BCUT2D eigenvalue weighted by atomic mass is 10.1. The van der Waals surface area contributed by atoms with Crippen LogP contribution in [0.15, 0.2) is 97.1 Å². The molecule has 1 atom stereocenters. The summed E-state index contributed by atoms with van der Waals surface area (Å²) in [5.41, 5.74) is 3.31. The van der Waals surface area contributed by atoms with Gasteiger partial charge in [0.2, 0.25) is 0 Å². The zero-order chi connectivity index (χ0) is 28.9. The van der Waals surface area contributed by atoms with Crippen molar-refractivity contribution in [2.45, 2.75) is 20.0 Å². The molecule has 10 heteroatoms. The van der Waals surface area contributed by atoms with Crippen molar-refractivity contribution in [2.75, 3.05) is 5.32 Å². The molecule has 1 heterocycles. The van der Waals surface area contributed by atoms with Crippen molar-refractivity contribution < 1.29 is 28.6 Å². The van der Waals surface area contributed by atoms with Gasteiger partial charge in [-0.1, -0.05) is 65.9 Å². The van der Waals surface area contributed by atoms with Crippen LogP contribution < -0.4 is 10.1 Å². The summed E-state index contributed by atoms with van der Waals surface area (Å²) in [6.07, 6.45) is -1.06. The van der Waals surface area contributed by atoms with Gasteiger partial charge in [0.15, 0.2) is 5.82 Å². The fourth-order valence-corrected chi connectivity index (χ4v) is 4.19. The molecule has 0 fully saturated rings. The second kappa shape index (κ2) is 11.7. The molecular formula is C31H25FN4O5. The molecule has 0 bridgehead atoms. The van der Waals surface area contributed by atoms with E-state index < -0.39 is 29.5 Å². The number of hydrogen-bond acceptors (Lipinski definition) is 6. The van der Waals surface area contributed by atoms with Gasteiger partial charge < -0.3 is 14.6 Å². The standard InChI is InChI=1S/C31H25FN4O5/c1-19-29(33-31(39)40-20(2)21-7-4-3-5-8-21)36(35-34-19)24-15-11-22(12-16-24)23-13-17-25(18-14-23)41-27-10-6-9-26(32)28(27)30(37)38/h3-18,20H,1-2H3,(H,33,39)(H,37,38)/t20-/m1/s1. The number of anilines is 1. The molecule has 41 heavy (non-hydrogen) atoms. The van der Waals surface area contributed by atoms with E-state index in [9.17, 15) is 19.1 Å². The van der Waals surface area contributed by atoms with E-state index in [0.29, 0.717) is 22.9 Å². The largest absolute Gasteiger partial charge is 0.477 e. The van der Waals surface area contributed by atoms with Gasteiger partial charge in [-0.05, 0) is 66.9 Å². The number of carbonyl (C=O) groups is 2. The Morgan fingerprint density at radius 2 is 1.56 bits per heavy atom. The number of ether oxygens (including phenoxy) is 2. The molecule has 1 aromatic heterocycles. The Kier molecular flexibility index (Phi) is 7.73. The minimum Gasteiger partial charge on any atom is -0.477 e. The lowest BCUT2D eigenvalue weighted by Gasteiger charge is -2.15. The van der Waals surface area contributed by atoms with Gasteiger partial charge >= 0.3 is 12.1 Å². The summed E-state index contributed by atoms with van der Waals surface area (Å²) in [4.78, 5) is 24.0. The molecule has 0 saturated carbocycles. The number of halogens is 1. The summed E-state index contributed by atoms with van der Waals surface area (Å²) in [7, 11) is 0. The topological polar surface area (TPSA) is 116 Å². The number of nitrogens with one attached hydrogen (secondary N) is 1. The third-order valence-electron chi connectivity index (χ3n) is 6.33. The quantitative estimate of drug-likeness (QED) is 0.209. The first-order chi connectivity index (χ1) is 19.8. The smallest absolute Gasteiger partial charge is 0.413 e. The number of hydrogen-bond donors (Lipinski definition) is 2. The molecule has 2 N–H and O–H groups in total. The maximum absolute atomic E-state index is 13.9. The number of benzene rings is 4. The fourth-order valence-electron chi connectivity index (χ4n) is 4.19. The van der Waals surface area contributed by atoms with Crippen LogP contribution >= 0.6 is 0 Å². The molecule has 0 unspecified atom stereocenters. The number of rotatable bonds is 8. The molecule has 0 aliphatic carbocycles. The SMILES string of the molecule is Cc1nnn(-c2ccc(-c3ccc(Oc4cccc(F)c4C(=O)O)cc3)cc2)c1NC(=O)O[C@H](C)c1ccccc1. The van der Waals surface area contributed by atoms with Gasteiger partial charge in [-0.2, -0.15) is 4.68 Å². The highest BCUT2D eigenvalue weighted by molar-refractivity contribution is 5.91. The number of carboxylic acids is 1. The van der Waals surface area contributed by atoms with Crippen molar-refractivity contribution in [3.8, 4) is 28.3 Å². The van der Waals surface area contributed by atoms with Gasteiger partial charge in [0.1, 0.15) is 34.7 Å². The average Bonchev–Trinajstić information content (AvgIpc) is 3.33. The fraction of sp³-hybridized carbons (Fsp3) is 0.0968. The van der Waals surface area contributed by atoms with Crippen LogP contribution in [0.2, 0.25) is 0 Å². The van der Waals surface area contributed by atoms with E-state index in [-0.39, 0.29) is 5.75 Å². The second-order valence-electron chi connectivity index (χ2n) is 9.11. The van der Waals surface area contributed by atoms with Crippen LogP contribution in [-0.4, -0.2) is 32.2 Å². The molecule has 1 amide bonds. The maximum Gasteiger partial charge on any atom is 0.413 e. The normalized spacial score (nSPS) is 11.5. The van der Waals surface area contributed by atoms with Crippen molar-refractivity contribution in [3.63, 3.8) is 0 Å². The zero-order valence-electron chi connectivity index (χ0n) is 22.1. The monoisotopic (exact) mass is 552 g/mol. The maximum atomic E-state index is 13.9. The number of carbonyl (C=O) groups excluding carboxylic acids is 1. The number of nitrogens with zero attached hydrogens (tertiary/aromatic N) is 3. The van der Waals surface area contributed by atoms with E-state index in [1.807, 2.05) is 54.6 Å². The van der Waals surface area contributed by atoms with E-state index in [1.165, 1.54) is 16.8 Å². The Hall–Kier alpha value is -5.51.